The summed E-state index contributed by atoms with van der Waals surface area (Å²) in [5, 5.41) is 4.74. The molecule has 2 aliphatic rings. The molecule has 2 aliphatic carbocycles. The van der Waals surface area contributed by atoms with Crippen molar-refractivity contribution in [3.63, 3.8) is 0 Å². The molecule has 254 valence electrons. The van der Waals surface area contributed by atoms with Gasteiger partial charge in [-0.05, 0) is 96.6 Å². The molecule has 8 aromatic rings. The number of hydrogen-bond acceptors (Lipinski definition) is 2. The summed E-state index contributed by atoms with van der Waals surface area (Å²) >= 11 is 0. The fourth-order valence-corrected chi connectivity index (χ4v) is 9.80. The van der Waals surface area contributed by atoms with Crippen LogP contribution in [-0.4, -0.2) is 0 Å². The van der Waals surface area contributed by atoms with Gasteiger partial charge in [0.1, 0.15) is 11.2 Å². The van der Waals surface area contributed by atoms with Crippen LogP contribution < -0.4 is 4.90 Å². The fraction of sp³-hybridized carbons (Fsp3) is 0.200. The van der Waals surface area contributed by atoms with Gasteiger partial charge in [0.05, 0.1) is 5.69 Å². The van der Waals surface area contributed by atoms with Gasteiger partial charge in [0.2, 0.25) is 0 Å². The van der Waals surface area contributed by atoms with Crippen molar-refractivity contribution in [2.75, 3.05) is 4.90 Å². The minimum absolute atomic E-state index is 0.116. The van der Waals surface area contributed by atoms with Crippen molar-refractivity contribution < 1.29 is 4.42 Å². The van der Waals surface area contributed by atoms with E-state index in [0.717, 1.165) is 33.3 Å². The molecule has 0 unspecified atom stereocenters. The lowest BCUT2D eigenvalue weighted by Gasteiger charge is -2.39. The highest BCUT2D eigenvalue weighted by atomic mass is 16.3. The second kappa shape index (κ2) is 10.5. The SMILES string of the molecule is CC(C)(C)c1c2c(c(N(c3ccc4ccccc4c3)c3ccc4c(c3)oc3ccccc34)c3c1-c1ccccc1C3(C)C)C(C)(C)c1ccccc1-2. The molecule has 0 saturated carbocycles. The Hall–Kier alpha value is -5.60. The van der Waals surface area contributed by atoms with Gasteiger partial charge >= 0.3 is 0 Å². The Morgan fingerprint density at radius 1 is 0.500 bits per heavy atom. The second-order valence-corrected chi connectivity index (χ2v) is 17.0. The molecule has 0 amide bonds. The van der Waals surface area contributed by atoms with Crippen molar-refractivity contribution in [2.24, 2.45) is 0 Å². The van der Waals surface area contributed by atoms with E-state index in [4.69, 9.17) is 4.42 Å². The Balaban J connectivity index is 1.41. The van der Waals surface area contributed by atoms with Crippen molar-refractivity contribution >= 4 is 49.8 Å². The molecular formula is C50H43NO. The third kappa shape index (κ3) is 4.12. The molecule has 0 fully saturated rings. The zero-order chi connectivity index (χ0) is 35.7. The van der Waals surface area contributed by atoms with E-state index in [2.05, 4.69) is 187 Å². The summed E-state index contributed by atoms with van der Waals surface area (Å²) in [5.74, 6) is 0. The van der Waals surface area contributed by atoms with Gasteiger partial charge in [-0.1, -0.05) is 146 Å². The van der Waals surface area contributed by atoms with Crippen molar-refractivity contribution in [1.82, 2.24) is 0 Å². The summed E-state index contributed by atoms with van der Waals surface area (Å²) < 4.78 is 6.59. The average Bonchev–Trinajstić information content (AvgIpc) is 3.70. The molecule has 0 aliphatic heterocycles. The predicted molar refractivity (Wildman–Crippen MR) is 220 cm³/mol. The first-order valence-electron chi connectivity index (χ1n) is 18.6. The van der Waals surface area contributed by atoms with Crippen LogP contribution in [0, 0.1) is 0 Å². The molecule has 0 atom stereocenters. The Bertz CT molecular complexity index is 2700. The first-order chi connectivity index (χ1) is 25.0. The van der Waals surface area contributed by atoms with Gasteiger partial charge in [0, 0.05) is 39.0 Å². The van der Waals surface area contributed by atoms with Gasteiger partial charge in [0.15, 0.2) is 0 Å². The highest BCUT2D eigenvalue weighted by Gasteiger charge is 2.50. The lowest BCUT2D eigenvalue weighted by Crippen LogP contribution is -2.27. The van der Waals surface area contributed by atoms with Crippen LogP contribution >= 0.6 is 0 Å². The molecule has 0 saturated heterocycles. The summed E-state index contributed by atoms with van der Waals surface area (Å²) in [6.07, 6.45) is 0. The van der Waals surface area contributed by atoms with Crippen LogP contribution in [0.15, 0.2) is 138 Å². The third-order valence-electron chi connectivity index (χ3n) is 12.0. The summed E-state index contributed by atoms with van der Waals surface area (Å²) in [4.78, 5) is 2.57. The predicted octanol–water partition coefficient (Wildman–Crippen LogP) is 14.1. The number of para-hydroxylation sites is 1. The smallest absolute Gasteiger partial charge is 0.137 e. The molecule has 2 nitrogen and oxygen atoms in total. The van der Waals surface area contributed by atoms with Crippen LogP contribution in [0.1, 0.15) is 76.3 Å². The van der Waals surface area contributed by atoms with Crippen LogP contribution in [0.5, 0.6) is 0 Å². The first kappa shape index (κ1) is 31.2. The molecule has 0 radical (unpaired) electrons. The largest absolute Gasteiger partial charge is 0.456 e. The summed E-state index contributed by atoms with van der Waals surface area (Å²) in [7, 11) is 0. The molecule has 10 rings (SSSR count). The van der Waals surface area contributed by atoms with Gasteiger partial charge in [0.25, 0.3) is 0 Å². The average molecular weight is 674 g/mol. The van der Waals surface area contributed by atoms with Crippen LogP contribution in [0.25, 0.3) is 55.0 Å². The topological polar surface area (TPSA) is 16.4 Å². The number of furan rings is 1. The van der Waals surface area contributed by atoms with Crippen molar-refractivity contribution in [1.29, 1.82) is 0 Å². The maximum Gasteiger partial charge on any atom is 0.137 e. The highest BCUT2D eigenvalue weighted by Crippen LogP contribution is 2.65. The van der Waals surface area contributed by atoms with E-state index in [1.165, 1.54) is 66.5 Å². The van der Waals surface area contributed by atoms with E-state index in [9.17, 15) is 0 Å². The number of fused-ring (bicyclic) bond motifs is 10. The van der Waals surface area contributed by atoms with Gasteiger partial charge in [-0.2, -0.15) is 0 Å². The summed E-state index contributed by atoms with van der Waals surface area (Å²) in [6, 6.07) is 49.2. The van der Waals surface area contributed by atoms with Crippen molar-refractivity contribution in [3.05, 3.63) is 161 Å². The Morgan fingerprint density at radius 2 is 1.02 bits per heavy atom. The second-order valence-electron chi connectivity index (χ2n) is 17.0. The van der Waals surface area contributed by atoms with Crippen LogP contribution in [0.4, 0.5) is 17.1 Å². The van der Waals surface area contributed by atoms with E-state index in [0.29, 0.717) is 0 Å². The van der Waals surface area contributed by atoms with Crippen LogP contribution in [0.3, 0.4) is 0 Å². The zero-order valence-electron chi connectivity index (χ0n) is 31.1. The molecular weight excluding hydrogens is 631 g/mol. The third-order valence-corrected chi connectivity index (χ3v) is 12.0. The molecule has 0 spiro atoms. The summed E-state index contributed by atoms with van der Waals surface area (Å²) in [6.45, 7) is 17.0. The quantitative estimate of drug-likeness (QED) is 0.186. The van der Waals surface area contributed by atoms with E-state index in [1.807, 2.05) is 0 Å². The molecule has 0 bridgehead atoms. The fourth-order valence-electron chi connectivity index (χ4n) is 9.80. The van der Waals surface area contributed by atoms with E-state index in [-0.39, 0.29) is 16.2 Å². The number of anilines is 3. The summed E-state index contributed by atoms with van der Waals surface area (Å²) in [5.41, 5.74) is 17.2. The van der Waals surface area contributed by atoms with Crippen molar-refractivity contribution in [3.8, 4) is 22.3 Å². The molecule has 1 heterocycles. The maximum absolute atomic E-state index is 6.59. The van der Waals surface area contributed by atoms with E-state index < -0.39 is 0 Å². The van der Waals surface area contributed by atoms with Gasteiger partial charge in [-0.25, -0.2) is 0 Å². The van der Waals surface area contributed by atoms with E-state index >= 15 is 0 Å². The Kier molecular flexibility index (Phi) is 6.28. The van der Waals surface area contributed by atoms with Crippen LogP contribution in [-0.2, 0) is 16.2 Å². The number of nitrogens with zero attached hydrogens (tertiary/aromatic N) is 1. The maximum atomic E-state index is 6.59. The molecule has 0 N–H and O–H groups in total. The molecule has 7 aromatic carbocycles. The number of rotatable bonds is 3. The van der Waals surface area contributed by atoms with Crippen molar-refractivity contribution in [2.45, 2.75) is 64.7 Å². The van der Waals surface area contributed by atoms with Gasteiger partial charge in [-0.3, -0.25) is 0 Å². The van der Waals surface area contributed by atoms with E-state index in [1.54, 1.807) is 0 Å². The first-order valence-corrected chi connectivity index (χ1v) is 18.6. The lowest BCUT2D eigenvalue weighted by molar-refractivity contribution is 0.587. The monoisotopic (exact) mass is 673 g/mol. The highest BCUT2D eigenvalue weighted by molar-refractivity contribution is 6.08. The molecule has 1 aromatic heterocycles. The Morgan fingerprint density at radius 3 is 1.67 bits per heavy atom. The standard InChI is InChI=1S/C50H43NO/c1-48(2,3)44-42-36-19-10-13-21-38(36)49(4,5)45(42)47(46-43(44)37-20-11-14-22-39(37)50(46,6)7)51(32-25-24-30-16-8-9-17-31(30)28-32)33-26-27-35-34-18-12-15-23-40(34)52-41(35)29-33/h8-29H,1-7H3. The number of benzene rings is 7. The molecule has 2 heteroatoms. The minimum atomic E-state index is -0.264. The van der Waals surface area contributed by atoms with Gasteiger partial charge < -0.3 is 9.32 Å². The minimum Gasteiger partial charge on any atom is -0.456 e. The molecule has 52 heavy (non-hydrogen) atoms. The van der Waals surface area contributed by atoms with Crippen LogP contribution in [0.2, 0.25) is 0 Å². The zero-order valence-corrected chi connectivity index (χ0v) is 31.1. The Labute approximate surface area is 306 Å². The number of hydrogen-bond donors (Lipinski definition) is 0. The normalized spacial score (nSPS) is 15.1. The lowest BCUT2D eigenvalue weighted by atomic mass is 9.71. The van der Waals surface area contributed by atoms with Gasteiger partial charge in [-0.15, -0.1) is 0 Å².